The Kier molecular flexibility index (Phi) is 4.65. The van der Waals surface area contributed by atoms with Crippen molar-refractivity contribution in [3.8, 4) is 0 Å². The maximum atomic E-state index is 12.3. The van der Waals surface area contributed by atoms with Gasteiger partial charge < -0.3 is 10.2 Å². The number of amides is 1. The van der Waals surface area contributed by atoms with Crippen LogP contribution in [0.1, 0.15) is 23.0 Å². The van der Waals surface area contributed by atoms with Gasteiger partial charge in [0.1, 0.15) is 11.5 Å². The number of carbonyl (C=O) groups is 1. The van der Waals surface area contributed by atoms with Gasteiger partial charge >= 0.3 is 0 Å². The number of nitrogens with one attached hydrogen (secondary N) is 1. The average molecular weight is 270 g/mol. The highest BCUT2D eigenvalue weighted by Crippen LogP contribution is 2.09. The van der Waals surface area contributed by atoms with Crippen LogP contribution in [0.15, 0.2) is 42.7 Å². The second-order valence-corrected chi connectivity index (χ2v) is 4.46. The van der Waals surface area contributed by atoms with Gasteiger partial charge in [-0.15, -0.1) is 0 Å². The third-order valence-corrected chi connectivity index (χ3v) is 2.82. The molecule has 5 heteroatoms. The molecule has 0 aliphatic heterocycles. The van der Waals surface area contributed by atoms with Gasteiger partial charge in [0, 0.05) is 32.5 Å². The van der Waals surface area contributed by atoms with E-state index >= 15 is 0 Å². The molecule has 20 heavy (non-hydrogen) atoms. The van der Waals surface area contributed by atoms with Crippen LogP contribution in [0, 0.1) is 0 Å². The highest BCUT2D eigenvalue weighted by molar-refractivity contribution is 5.92. The van der Waals surface area contributed by atoms with Gasteiger partial charge in [0.05, 0.1) is 0 Å². The van der Waals surface area contributed by atoms with E-state index in [0.717, 1.165) is 12.1 Å². The molecule has 5 nitrogen and oxygen atoms in total. The van der Waals surface area contributed by atoms with Gasteiger partial charge in [-0.05, 0) is 30.7 Å². The third kappa shape index (κ3) is 3.54. The fourth-order valence-electron chi connectivity index (χ4n) is 1.87. The van der Waals surface area contributed by atoms with Crippen LogP contribution in [0.2, 0.25) is 0 Å². The predicted molar refractivity (Wildman–Crippen MR) is 78.4 cm³/mol. The van der Waals surface area contributed by atoms with Crippen molar-refractivity contribution in [1.29, 1.82) is 0 Å². The number of pyridine rings is 2. The number of anilines is 1. The molecule has 0 atom stereocenters. The van der Waals surface area contributed by atoms with E-state index in [9.17, 15) is 4.79 Å². The van der Waals surface area contributed by atoms with Crippen LogP contribution >= 0.6 is 0 Å². The first kappa shape index (κ1) is 14.0. The smallest absolute Gasteiger partial charge is 0.272 e. The van der Waals surface area contributed by atoms with Gasteiger partial charge in [-0.3, -0.25) is 9.78 Å². The lowest BCUT2D eigenvalue weighted by molar-refractivity contribution is 0.0779. The van der Waals surface area contributed by atoms with Crippen LogP contribution in [-0.4, -0.2) is 34.4 Å². The predicted octanol–water partition coefficient (Wildman–Crippen LogP) is 2.18. The highest BCUT2D eigenvalue weighted by atomic mass is 16.2. The highest BCUT2D eigenvalue weighted by Gasteiger charge is 2.13. The second kappa shape index (κ2) is 6.65. The maximum absolute atomic E-state index is 12.3. The summed E-state index contributed by atoms with van der Waals surface area (Å²) in [7, 11) is 1.76. The summed E-state index contributed by atoms with van der Waals surface area (Å²) in [6.07, 6.45) is 3.47. The molecule has 0 unspecified atom stereocenters. The fourth-order valence-corrected chi connectivity index (χ4v) is 1.87. The Morgan fingerprint density at radius 1 is 1.30 bits per heavy atom. The van der Waals surface area contributed by atoms with Crippen LogP contribution in [0.3, 0.4) is 0 Å². The molecule has 2 aromatic heterocycles. The van der Waals surface area contributed by atoms with E-state index in [4.69, 9.17) is 0 Å². The quantitative estimate of drug-likeness (QED) is 0.904. The van der Waals surface area contributed by atoms with Crippen molar-refractivity contribution in [1.82, 2.24) is 14.9 Å². The minimum absolute atomic E-state index is 0.103. The van der Waals surface area contributed by atoms with Gasteiger partial charge in [-0.1, -0.05) is 12.1 Å². The minimum atomic E-state index is -0.103. The Balaban J connectivity index is 2.08. The molecule has 0 bridgehead atoms. The molecule has 2 rings (SSSR count). The number of hydrogen-bond donors (Lipinski definition) is 1. The van der Waals surface area contributed by atoms with Crippen molar-refractivity contribution >= 4 is 11.7 Å². The zero-order valence-corrected chi connectivity index (χ0v) is 11.7. The maximum Gasteiger partial charge on any atom is 0.272 e. The summed E-state index contributed by atoms with van der Waals surface area (Å²) in [5.41, 5.74) is 1.43. The molecule has 0 radical (unpaired) electrons. The van der Waals surface area contributed by atoms with Crippen molar-refractivity contribution in [3.63, 3.8) is 0 Å². The lowest BCUT2D eigenvalue weighted by Gasteiger charge is -2.17. The van der Waals surface area contributed by atoms with Crippen LogP contribution in [-0.2, 0) is 6.54 Å². The first-order chi connectivity index (χ1) is 9.70. The normalized spacial score (nSPS) is 10.1. The van der Waals surface area contributed by atoms with Gasteiger partial charge in [0.15, 0.2) is 0 Å². The summed E-state index contributed by atoms with van der Waals surface area (Å²) < 4.78 is 0. The molecule has 104 valence electrons. The standard InChI is InChI=1S/C15H18N4O/c1-3-17-14-8-4-7-13(18-14)15(20)19(2)11-12-6-5-9-16-10-12/h4-10H,3,11H2,1-2H3,(H,17,18). The number of aromatic nitrogens is 2. The molecule has 0 aromatic carbocycles. The SMILES string of the molecule is CCNc1cccc(C(=O)N(C)Cc2cccnc2)n1. The molecule has 0 spiro atoms. The summed E-state index contributed by atoms with van der Waals surface area (Å²) in [5.74, 6) is 0.613. The molecule has 1 N–H and O–H groups in total. The second-order valence-electron chi connectivity index (χ2n) is 4.46. The number of hydrogen-bond acceptors (Lipinski definition) is 4. The number of nitrogens with zero attached hydrogens (tertiary/aromatic N) is 3. The largest absolute Gasteiger partial charge is 0.370 e. The monoisotopic (exact) mass is 270 g/mol. The molecule has 0 saturated carbocycles. The lowest BCUT2D eigenvalue weighted by Crippen LogP contribution is -2.27. The summed E-state index contributed by atoms with van der Waals surface area (Å²) in [6, 6.07) is 9.21. The number of carbonyl (C=O) groups excluding carboxylic acids is 1. The Labute approximate surface area is 118 Å². The fraction of sp³-hybridized carbons (Fsp3) is 0.267. The average Bonchev–Trinajstić information content (AvgIpc) is 2.48. The topological polar surface area (TPSA) is 58.1 Å². The molecular weight excluding hydrogens is 252 g/mol. The molecular formula is C15H18N4O. The summed E-state index contributed by atoms with van der Waals surface area (Å²) >= 11 is 0. The van der Waals surface area contributed by atoms with Gasteiger partial charge in [0.25, 0.3) is 5.91 Å². The van der Waals surface area contributed by atoms with E-state index in [0.29, 0.717) is 18.1 Å². The molecule has 0 fully saturated rings. The summed E-state index contributed by atoms with van der Waals surface area (Å²) in [6.45, 7) is 3.28. The summed E-state index contributed by atoms with van der Waals surface area (Å²) in [5, 5.41) is 3.10. The van der Waals surface area contributed by atoms with E-state index in [1.807, 2.05) is 31.2 Å². The Morgan fingerprint density at radius 2 is 2.15 bits per heavy atom. The third-order valence-electron chi connectivity index (χ3n) is 2.82. The molecule has 2 heterocycles. The van der Waals surface area contributed by atoms with Crippen LogP contribution in [0.4, 0.5) is 5.82 Å². The first-order valence-corrected chi connectivity index (χ1v) is 6.56. The zero-order valence-electron chi connectivity index (χ0n) is 11.7. The summed E-state index contributed by atoms with van der Waals surface area (Å²) in [4.78, 5) is 22.3. The minimum Gasteiger partial charge on any atom is -0.370 e. The van der Waals surface area contributed by atoms with Crippen molar-refractivity contribution in [2.45, 2.75) is 13.5 Å². The Bertz CT molecular complexity index is 571. The van der Waals surface area contributed by atoms with Crippen LogP contribution in [0.5, 0.6) is 0 Å². The number of rotatable bonds is 5. The van der Waals surface area contributed by atoms with Gasteiger partial charge in [-0.2, -0.15) is 0 Å². The Hall–Kier alpha value is -2.43. The first-order valence-electron chi connectivity index (χ1n) is 6.56. The van der Waals surface area contributed by atoms with Gasteiger partial charge in [0.2, 0.25) is 0 Å². The van der Waals surface area contributed by atoms with Crippen molar-refractivity contribution < 1.29 is 4.79 Å². The molecule has 0 saturated heterocycles. The molecule has 1 amide bonds. The zero-order chi connectivity index (χ0) is 14.4. The van der Waals surface area contributed by atoms with Crippen molar-refractivity contribution in [3.05, 3.63) is 54.0 Å². The van der Waals surface area contributed by atoms with E-state index < -0.39 is 0 Å². The molecule has 0 aliphatic carbocycles. The van der Waals surface area contributed by atoms with E-state index in [-0.39, 0.29) is 5.91 Å². The lowest BCUT2D eigenvalue weighted by atomic mass is 10.2. The van der Waals surface area contributed by atoms with E-state index in [1.54, 1.807) is 30.4 Å². The van der Waals surface area contributed by atoms with Crippen molar-refractivity contribution in [2.75, 3.05) is 18.9 Å². The molecule has 0 aliphatic rings. The Morgan fingerprint density at radius 3 is 2.85 bits per heavy atom. The molecule has 2 aromatic rings. The van der Waals surface area contributed by atoms with Gasteiger partial charge in [-0.25, -0.2) is 4.98 Å². The van der Waals surface area contributed by atoms with Crippen LogP contribution < -0.4 is 5.32 Å². The van der Waals surface area contributed by atoms with Crippen LogP contribution in [0.25, 0.3) is 0 Å². The van der Waals surface area contributed by atoms with Crippen molar-refractivity contribution in [2.24, 2.45) is 0 Å². The van der Waals surface area contributed by atoms with E-state index in [2.05, 4.69) is 15.3 Å². The van der Waals surface area contributed by atoms with E-state index in [1.165, 1.54) is 0 Å².